The number of hydroxylamine groups is 2. The minimum atomic E-state index is -0.203. The molecule has 2 aromatic carbocycles. The van der Waals surface area contributed by atoms with Gasteiger partial charge in [-0.15, -0.1) is 11.8 Å². The van der Waals surface area contributed by atoms with E-state index >= 15 is 0 Å². The molecular weight excluding hydrogens is 341 g/mol. The maximum Gasteiger partial charge on any atom is 0.257 e. The van der Waals surface area contributed by atoms with Crippen LogP contribution >= 0.6 is 35.0 Å². The molecule has 1 saturated heterocycles. The van der Waals surface area contributed by atoms with Gasteiger partial charge in [0.2, 0.25) is 0 Å². The van der Waals surface area contributed by atoms with E-state index in [0.29, 0.717) is 22.4 Å². The highest BCUT2D eigenvalue weighted by Gasteiger charge is 2.34. The van der Waals surface area contributed by atoms with Gasteiger partial charge in [-0.25, -0.2) is 5.06 Å². The Bertz CT molecular complexity index is 681. The smallest absolute Gasteiger partial charge is 0.257 e. The number of halogens is 2. The van der Waals surface area contributed by atoms with Crippen molar-refractivity contribution in [2.45, 2.75) is 12.0 Å². The van der Waals surface area contributed by atoms with Crippen LogP contribution in [0.4, 0.5) is 0 Å². The van der Waals surface area contributed by atoms with Gasteiger partial charge >= 0.3 is 0 Å². The first kappa shape index (κ1) is 15.7. The van der Waals surface area contributed by atoms with E-state index in [2.05, 4.69) is 0 Å². The Labute approximate surface area is 143 Å². The van der Waals surface area contributed by atoms with E-state index in [-0.39, 0.29) is 11.3 Å². The predicted molar refractivity (Wildman–Crippen MR) is 89.7 cm³/mol. The highest BCUT2D eigenvalue weighted by molar-refractivity contribution is 8.00. The molecule has 6 heteroatoms. The fourth-order valence-electron chi connectivity index (χ4n) is 2.17. The Kier molecular flexibility index (Phi) is 4.93. The molecule has 1 aliphatic heterocycles. The summed E-state index contributed by atoms with van der Waals surface area (Å²) >= 11 is 13.5. The molecule has 0 spiro atoms. The number of thioether (sulfide) groups is 1. The van der Waals surface area contributed by atoms with Crippen LogP contribution < -0.4 is 0 Å². The van der Waals surface area contributed by atoms with E-state index in [4.69, 9.17) is 28.0 Å². The fourth-order valence-corrected chi connectivity index (χ4v) is 3.56. The lowest BCUT2D eigenvalue weighted by molar-refractivity contribution is -0.190. The molecule has 3 rings (SSSR count). The van der Waals surface area contributed by atoms with Crippen LogP contribution in [0.1, 0.15) is 16.5 Å². The van der Waals surface area contributed by atoms with Crippen LogP contribution in [0.25, 0.3) is 0 Å². The molecule has 2 aromatic rings. The number of rotatable bonds is 4. The van der Waals surface area contributed by atoms with Crippen LogP contribution in [0.5, 0.6) is 0 Å². The van der Waals surface area contributed by atoms with Crippen molar-refractivity contribution < 1.29 is 9.63 Å². The van der Waals surface area contributed by atoms with Crippen LogP contribution in [-0.4, -0.2) is 16.7 Å². The van der Waals surface area contributed by atoms with Crippen molar-refractivity contribution in [3.05, 3.63) is 69.7 Å². The Morgan fingerprint density at radius 3 is 2.64 bits per heavy atom. The van der Waals surface area contributed by atoms with Crippen LogP contribution in [0.2, 0.25) is 10.0 Å². The first-order chi connectivity index (χ1) is 10.6. The van der Waals surface area contributed by atoms with Crippen molar-refractivity contribution in [2.24, 2.45) is 0 Å². The molecule has 1 unspecified atom stereocenters. The van der Waals surface area contributed by atoms with Gasteiger partial charge in [0, 0.05) is 0 Å². The molecule has 0 aliphatic carbocycles. The van der Waals surface area contributed by atoms with E-state index in [1.807, 2.05) is 36.4 Å². The van der Waals surface area contributed by atoms with E-state index < -0.39 is 0 Å². The zero-order valence-corrected chi connectivity index (χ0v) is 13.9. The SMILES string of the molecule is O=C1CSC(c2ccc(Cl)c(Cl)c2)N1OCc1ccccc1. The summed E-state index contributed by atoms with van der Waals surface area (Å²) in [6.07, 6.45) is 0. The van der Waals surface area contributed by atoms with Crippen molar-refractivity contribution in [2.75, 3.05) is 5.75 Å². The number of nitrogens with zero attached hydrogens (tertiary/aromatic N) is 1. The largest absolute Gasteiger partial charge is 0.272 e. The molecule has 1 fully saturated rings. The summed E-state index contributed by atoms with van der Waals surface area (Å²) < 4.78 is 0. The number of benzene rings is 2. The lowest BCUT2D eigenvalue weighted by atomic mass is 10.2. The zero-order chi connectivity index (χ0) is 15.5. The number of hydrogen-bond acceptors (Lipinski definition) is 3. The molecule has 0 aromatic heterocycles. The minimum Gasteiger partial charge on any atom is -0.272 e. The van der Waals surface area contributed by atoms with Gasteiger partial charge < -0.3 is 0 Å². The third kappa shape index (κ3) is 3.41. The maximum absolute atomic E-state index is 12.1. The van der Waals surface area contributed by atoms with Crippen molar-refractivity contribution in [1.82, 2.24) is 5.06 Å². The molecule has 0 bridgehead atoms. The third-order valence-corrected chi connectivity index (χ3v) is 5.20. The van der Waals surface area contributed by atoms with Crippen molar-refractivity contribution in [3.8, 4) is 0 Å². The quantitative estimate of drug-likeness (QED) is 0.797. The summed E-state index contributed by atoms with van der Waals surface area (Å²) in [5, 5.41) is 2.20. The molecule has 1 aliphatic rings. The number of amides is 1. The number of carbonyl (C=O) groups is 1. The standard InChI is InChI=1S/C16H13Cl2NO2S/c17-13-7-6-12(8-14(13)18)16-19(15(20)10-22-16)21-9-11-4-2-1-3-5-11/h1-8,16H,9-10H2. The van der Waals surface area contributed by atoms with Crippen LogP contribution in [0, 0.1) is 0 Å². The lowest BCUT2D eigenvalue weighted by Gasteiger charge is -2.23. The topological polar surface area (TPSA) is 29.5 Å². The van der Waals surface area contributed by atoms with Crippen molar-refractivity contribution >= 4 is 40.9 Å². The summed E-state index contributed by atoms with van der Waals surface area (Å²) in [5.74, 6) is 0.344. The average Bonchev–Trinajstić information content (AvgIpc) is 2.90. The highest BCUT2D eigenvalue weighted by atomic mass is 35.5. The second-order valence-electron chi connectivity index (χ2n) is 4.82. The normalized spacial score (nSPS) is 18.0. The van der Waals surface area contributed by atoms with Gasteiger partial charge in [-0.3, -0.25) is 9.63 Å². The molecule has 1 amide bonds. The lowest BCUT2D eigenvalue weighted by Crippen LogP contribution is -2.28. The highest BCUT2D eigenvalue weighted by Crippen LogP contribution is 2.40. The molecule has 0 radical (unpaired) electrons. The van der Waals surface area contributed by atoms with Gasteiger partial charge in [-0.1, -0.05) is 59.6 Å². The van der Waals surface area contributed by atoms with Gasteiger partial charge in [0.05, 0.1) is 15.8 Å². The molecule has 1 heterocycles. The monoisotopic (exact) mass is 353 g/mol. The summed E-state index contributed by atoms with van der Waals surface area (Å²) in [4.78, 5) is 17.8. The first-order valence-electron chi connectivity index (χ1n) is 6.70. The minimum absolute atomic E-state index is 0.0444. The van der Waals surface area contributed by atoms with Gasteiger partial charge in [-0.2, -0.15) is 0 Å². The Balaban J connectivity index is 1.75. The van der Waals surface area contributed by atoms with E-state index in [9.17, 15) is 4.79 Å². The van der Waals surface area contributed by atoms with Gasteiger partial charge in [-0.05, 0) is 23.3 Å². The predicted octanol–water partition coefficient (Wildman–Crippen LogP) is 4.70. The second kappa shape index (κ2) is 6.92. The van der Waals surface area contributed by atoms with Crippen molar-refractivity contribution in [3.63, 3.8) is 0 Å². The van der Waals surface area contributed by atoms with Gasteiger partial charge in [0.25, 0.3) is 5.91 Å². The molecule has 1 atom stereocenters. The second-order valence-corrected chi connectivity index (χ2v) is 6.70. The van der Waals surface area contributed by atoms with Crippen LogP contribution in [0.3, 0.4) is 0 Å². The zero-order valence-electron chi connectivity index (χ0n) is 11.5. The Hall–Kier alpha value is -1.20. The van der Waals surface area contributed by atoms with Gasteiger partial charge in [0.1, 0.15) is 12.0 Å². The van der Waals surface area contributed by atoms with Gasteiger partial charge in [0.15, 0.2) is 0 Å². The maximum atomic E-state index is 12.1. The third-order valence-electron chi connectivity index (χ3n) is 3.27. The molecule has 0 saturated carbocycles. The molecular formula is C16H13Cl2NO2S. The summed E-state index contributed by atoms with van der Waals surface area (Å²) in [7, 11) is 0. The fraction of sp³-hybridized carbons (Fsp3) is 0.188. The molecule has 114 valence electrons. The Morgan fingerprint density at radius 2 is 1.91 bits per heavy atom. The molecule has 22 heavy (non-hydrogen) atoms. The van der Waals surface area contributed by atoms with E-state index in [0.717, 1.165) is 11.1 Å². The summed E-state index contributed by atoms with van der Waals surface area (Å²) in [6, 6.07) is 15.1. The summed E-state index contributed by atoms with van der Waals surface area (Å²) in [6.45, 7) is 0.352. The first-order valence-corrected chi connectivity index (χ1v) is 8.51. The number of carbonyl (C=O) groups excluding carboxylic acids is 1. The summed E-state index contributed by atoms with van der Waals surface area (Å²) in [5.41, 5.74) is 1.92. The average molecular weight is 354 g/mol. The van der Waals surface area contributed by atoms with Crippen LogP contribution in [0.15, 0.2) is 48.5 Å². The molecule has 3 nitrogen and oxygen atoms in total. The number of hydrogen-bond donors (Lipinski definition) is 0. The van der Waals surface area contributed by atoms with E-state index in [1.165, 1.54) is 16.8 Å². The van der Waals surface area contributed by atoms with Crippen molar-refractivity contribution in [1.29, 1.82) is 0 Å². The van der Waals surface area contributed by atoms with Crippen LogP contribution in [-0.2, 0) is 16.2 Å². The molecule has 0 N–H and O–H groups in total. The van der Waals surface area contributed by atoms with E-state index in [1.54, 1.807) is 12.1 Å². The Morgan fingerprint density at radius 1 is 1.14 bits per heavy atom.